The summed E-state index contributed by atoms with van der Waals surface area (Å²) in [5.41, 5.74) is 0. The number of ether oxygens (including phenoxy) is 15. The van der Waals surface area contributed by atoms with Crippen molar-refractivity contribution in [1.29, 1.82) is 0 Å². The third-order valence-electron chi connectivity index (χ3n) is 7.59. The summed E-state index contributed by atoms with van der Waals surface area (Å²) in [4.78, 5) is 0. The van der Waals surface area contributed by atoms with Crippen LogP contribution in [0.1, 0.15) is 58.3 Å². The molecule has 0 heterocycles. The van der Waals surface area contributed by atoms with Gasteiger partial charge in [-0.25, -0.2) is 0 Å². The van der Waals surface area contributed by atoms with Crippen molar-refractivity contribution in [3.63, 3.8) is 0 Å². The molecule has 0 aliphatic heterocycles. The van der Waals surface area contributed by atoms with Crippen molar-refractivity contribution < 1.29 is 76.2 Å². The summed E-state index contributed by atoms with van der Waals surface area (Å²) in [7, 11) is 0. The van der Waals surface area contributed by atoms with Gasteiger partial charge in [-0.2, -0.15) is 0 Å². The molecule has 0 fully saturated rings. The molecule has 0 bridgehead atoms. The zero-order valence-corrected chi connectivity index (χ0v) is 35.1. The maximum Gasteiger partial charge on any atom is 0.0701 e. The van der Waals surface area contributed by atoms with Crippen LogP contribution in [0.3, 0.4) is 0 Å². The maximum atomic E-state index is 8.59. The van der Waals surface area contributed by atoms with Crippen LogP contribution in [-0.4, -0.2) is 210 Å². The van der Waals surface area contributed by atoms with Gasteiger partial charge in [0.25, 0.3) is 0 Å². The lowest BCUT2D eigenvalue weighted by atomic mass is 10.1. The minimum Gasteiger partial charge on any atom is -0.394 e. The highest BCUT2D eigenvalue weighted by Gasteiger charge is 1.98. The number of aliphatic hydroxyl groups is 1. The molecule has 0 amide bonds. The van der Waals surface area contributed by atoms with Crippen LogP contribution in [0.25, 0.3) is 0 Å². The van der Waals surface area contributed by atoms with Crippen LogP contribution in [0.15, 0.2) is 0 Å². The first-order valence-corrected chi connectivity index (χ1v) is 21.2. The molecular formula is C40H82O16. The average Bonchev–Trinajstić information content (AvgIpc) is 3.21. The summed E-state index contributed by atoms with van der Waals surface area (Å²) in [6.45, 7) is 17.9. The number of rotatable bonds is 53. The van der Waals surface area contributed by atoms with E-state index >= 15 is 0 Å². The summed E-state index contributed by atoms with van der Waals surface area (Å²) in [5.74, 6) is 0. The van der Waals surface area contributed by atoms with Crippen LogP contribution in [0.5, 0.6) is 0 Å². The van der Waals surface area contributed by atoms with Crippen LogP contribution in [0, 0.1) is 0 Å². The van der Waals surface area contributed by atoms with E-state index in [2.05, 4.69) is 6.92 Å². The van der Waals surface area contributed by atoms with Crippen molar-refractivity contribution in [1.82, 2.24) is 0 Å². The van der Waals surface area contributed by atoms with E-state index in [0.717, 1.165) is 13.0 Å². The minimum absolute atomic E-state index is 0.0236. The van der Waals surface area contributed by atoms with E-state index in [-0.39, 0.29) is 6.61 Å². The van der Waals surface area contributed by atoms with E-state index in [9.17, 15) is 0 Å². The molecular weight excluding hydrogens is 736 g/mol. The Morgan fingerprint density at radius 1 is 0.196 bits per heavy atom. The number of unbranched alkanes of at least 4 members (excludes halogenated alkanes) is 7. The topological polar surface area (TPSA) is 159 Å². The highest BCUT2D eigenvalue weighted by Crippen LogP contribution is 2.08. The second-order valence-corrected chi connectivity index (χ2v) is 12.4. The Labute approximate surface area is 338 Å². The van der Waals surface area contributed by atoms with Gasteiger partial charge in [-0.05, 0) is 6.42 Å². The fourth-order valence-electron chi connectivity index (χ4n) is 4.58. The molecule has 0 unspecified atom stereocenters. The Kier molecular flexibility index (Phi) is 53.7. The molecule has 0 atom stereocenters. The molecule has 0 aromatic carbocycles. The van der Waals surface area contributed by atoms with Crippen LogP contribution in [0.2, 0.25) is 0 Å². The van der Waals surface area contributed by atoms with E-state index in [1.165, 1.54) is 44.9 Å². The zero-order valence-electron chi connectivity index (χ0n) is 35.1. The van der Waals surface area contributed by atoms with Crippen molar-refractivity contribution in [2.75, 3.05) is 205 Å². The van der Waals surface area contributed by atoms with Crippen LogP contribution >= 0.6 is 0 Å². The largest absolute Gasteiger partial charge is 0.394 e. The average molecular weight is 819 g/mol. The van der Waals surface area contributed by atoms with E-state index in [4.69, 9.17) is 76.2 Å². The third kappa shape index (κ3) is 53.4. The first kappa shape index (κ1) is 55.4. The van der Waals surface area contributed by atoms with Crippen molar-refractivity contribution in [2.24, 2.45) is 0 Å². The Bertz CT molecular complexity index is 616. The van der Waals surface area contributed by atoms with Crippen LogP contribution < -0.4 is 0 Å². The van der Waals surface area contributed by atoms with Crippen LogP contribution in [-0.2, 0) is 71.1 Å². The lowest BCUT2D eigenvalue weighted by Crippen LogP contribution is -2.15. The molecule has 0 saturated carbocycles. The first-order valence-electron chi connectivity index (χ1n) is 21.2. The van der Waals surface area contributed by atoms with E-state index in [1.807, 2.05) is 0 Å². The van der Waals surface area contributed by atoms with Gasteiger partial charge < -0.3 is 76.2 Å². The molecule has 0 rings (SSSR count). The lowest BCUT2D eigenvalue weighted by molar-refractivity contribution is -0.0301. The predicted octanol–water partition coefficient (Wildman–Crippen LogP) is 3.37. The normalized spacial score (nSPS) is 11.7. The van der Waals surface area contributed by atoms with Gasteiger partial charge in [0.2, 0.25) is 0 Å². The number of aliphatic hydroxyl groups excluding tert-OH is 1. The molecule has 56 heavy (non-hydrogen) atoms. The van der Waals surface area contributed by atoms with Crippen LogP contribution in [0.4, 0.5) is 0 Å². The second kappa shape index (κ2) is 54.4. The van der Waals surface area contributed by atoms with Gasteiger partial charge in [-0.15, -0.1) is 0 Å². The van der Waals surface area contributed by atoms with E-state index in [1.54, 1.807) is 0 Å². The zero-order chi connectivity index (χ0) is 40.2. The fraction of sp³-hybridized carbons (Fsp3) is 1.00. The standard InChI is InChI=1S/C40H82O16/c1-2-3-4-5-6-7-8-9-11-42-13-15-44-17-19-46-21-23-48-25-27-50-29-31-52-33-35-54-37-39-56-40-38-55-36-34-53-32-30-51-28-26-49-24-22-47-20-18-45-16-14-43-12-10-41/h41H,2-40H2,1H3. The SMILES string of the molecule is CCCCCCCCCCOCCOCCOCCOCCOCCOCCOCCOCCOCCOCCOCCOCCOCCOCCOCCO. The van der Waals surface area contributed by atoms with Crippen molar-refractivity contribution in [3.8, 4) is 0 Å². The number of hydrogen-bond acceptors (Lipinski definition) is 16. The highest BCUT2D eigenvalue weighted by molar-refractivity contribution is 4.46. The summed E-state index contributed by atoms with van der Waals surface area (Å²) in [6, 6.07) is 0. The van der Waals surface area contributed by atoms with E-state index < -0.39 is 0 Å². The van der Waals surface area contributed by atoms with Crippen molar-refractivity contribution >= 4 is 0 Å². The molecule has 0 saturated heterocycles. The Balaban J connectivity index is 3.05. The summed E-state index contributed by atoms with van der Waals surface area (Å²) < 4.78 is 82.0. The summed E-state index contributed by atoms with van der Waals surface area (Å²) in [6.07, 6.45) is 10.5. The first-order chi connectivity index (χ1) is 27.9. The molecule has 0 radical (unpaired) electrons. The molecule has 338 valence electrons. The van der Waals surface area contributed by atoms with Gasteiger partial charge in [0.05, 0.1) is 198 Å². The smallest absolute Gasteiger partial charge is 0.0701 e. The molecule has 0 spiro atoms. The van der Waals surface area contributed by atoms with Gasteiger partial charge in [-0.1, -0.05) is 51.9 Å². The summed E-state index contributed by atoms with van der Waals surface area (Å²) >= 11 is 0. The highest BCUT2D eigenvalue weighted by atomic mass is 16.6. The van der Waals surface area contributed by atoms with Gasteiger partial charge in [0.15, 0.2) is 0 Å². The van der Waals surface area contributed by atoms with Crippen molar-refractivity contribution in [2.45, 2.75) is 58.3 Å². The molecule has 0 aromatic heterocycles. The Morgan fingerprint density at radius 3 is 0.554 bits per heavy atom. The molecule has 1 N–H and O–H groups in total. The van der Waals surface area contributed by atoms with E-state index in [0.29, 0.717) is 192 Å². The van der Waals surface area contributed by atoms with Crippen molar-refractivity contribution in [3.05, 3.63) is 0 Å². The molecule has 16 heteroatoms. The molecule has 0 aliphatic carbocycles. The molecule has 0 aliphatic rings. The Morgan fingerprint density at radius 2 is 0.357 bits per heavy atom. The Hall–Kier alpha value is -0.640. The van der Waals surface area contributed by atoms with Gasteiger partial charge >= 0.3 is 0 Å². The van der Waals surface area contributed by atoms with Gasteiger partial charge in [-0.3, -0.25) is 0 Å². The monoisotopic (exact) mass is 819 g/mol. The fourth-order valence-corrected chi connectivity index (χ4v) is 4.58. The summed E-state index contributed by atoms with van der Waals surface area (Å²) in [5, 5.41) is 8.59. The molecule has 0 aromatic rings. The predicted molar refractivity (Wildman–Crippen MR) is 212 cm³/mol. The second-order valence-electron chi connectivity index (χ2n) is 12.4. The molecule has 16 nitrogen and oxygen atoms in total. The van der Waals surface area contributed by atoms with Gasteiger partial charge in [0.1, 0.15) is 0 Å². The van der Waals surface area contributed by atoms with Gasteiger partial charge in [0, 0.05) is 6.61 Å². The minimum atomic E-state index is 0.0236. The quantitative estimate of drug-likeness (QED) is 0.0890. The maximum absolute atomic E-state index is 8.59. The third-order valence-corrected chi connectivity index (χ3v) is 7.59. The lowest BCUT2D eigenvalue weighted by Gasteiger charge is -2.09. The number of hydrogen-bond donors (Lipinski definition) is 1.